The summed E-state index contributed by atoms with van der Waals surface area (Å²) in [6.45, 7) is 0.861. The van der Waals surface area contributed by atoms with Crippen molar-refractivity contribution >= 4 is 33.9 Å². The summed E-state index contributed by atoms with van der Waals surface area (Å²) in [6.07, 6.45) is -1.69. The van der Waals surface area contributed by atoms with Gasteiger partial charge in [0.05, 0.1) is 16.3 Å². The summed E-state index contributed by atoms with van der Waals surface area (Å²) in [5, 5.41) is 15.5. The van der Waals surface area contributed by atoms with Gasteiger partial charge < -0.3 is 24.4 Å². The van der Waals surface area contributed by atoms with Crippen molar-refractivity contribution in [1.29, 1.82) is 0 Å². The van der Waals surface area contributed by atoms with Crippen LogP contribution in [0.5, 0.6) is 5.75 Å². The van der Waals surface area contributed by atoms with E-state index in [4.69, 9.17) is 0 Å². The number of nitrogens with zero attached hydrogens (tertiary/aromatic N) is 6. The minimum absolute atomic E-state index is 0.0212. The lowest BCUT2D eigenvalue weighted by Crippen LogP contribution is -2.29. The van der Waals surface area contributed by atoms with Gasteiger partial charge in [0, 0.05) is 68.2 Å². The highest BCUT2D eigenvalue weighted by atomic mass is 19.4. The fourth-order valence-electron chi connectivity index (χ4n) is 4.02. The highest BCUT2D eigenvalue weighted by Gasteiger charge is 2.34. The molecule has 0 aliphatic rings. The largest absolute Gasteiger partial charge is 0.573 e. The van der Waals surface area contributed by atoms with Gasteiger partial charge >= 0.3 is 6.36 Å². The molecule has 0 fully saturated rings. The van der Waals surface area contributed by atoms with Crippen LogP contribution in [0.25, 0.3) is 22.2 Å². The number of benzene rings is 2. The second-order valence-corrected chi connectivity index (χ2v) is 8.93. The van der Waals surface area contributed by atoms with Crippen LogP contribution in [-0.4, -0.2) is 65.0 Å². The van der Waals surface area contributed by atoms with Crippen LogP contribution in [-0.2, 0) is 7.05 Å². The van der Waals surface area contributed by atoms with E-state index in [1.165, 1.54) is 11.1 Å². The molecule has 0 radical (unpaired) electrons. The molecule has 4 rings (SSSR count). The third-order valence-corrected chi connectivity index (χ3v) is 5.87. The molecule has 0 bridgehead atoms. The number of para-hydroxylation sites is 1. The molecule has 0 aliphatic carbocycles. The Morgan fingerprint density at radius 2 is 1.87 bits per heavy atom. The molecular formula is C25H26F3N7O3. The van der Waals surface area contributed by atoms with Crippen molar-refractivity contribution in [3.05, 3.63) is 65.0 Å². The van der Waals surface area contributed by atoms with Gasteiger partial charge in [-0.15, -0.1) is 13.2 Å². The molecule has 0 saturated heterocycles. The van der Waals surface area contributed by atoms with Gasteiger partial charge in [0.1, 0.15) is 5.69 Å². The molecule has 13 heteroatoms. The molecule has 0 spiro atoms. The number of hydrogen-bond donors (Lipinski definition) is 1. The first-order valence-electron chi connectivity index (χ1n) is 11.5. The minimum atomic E-state index is -5.03. The summed E-state index contributed by atoms with van der Waals surface area (Å²) in [5.41, 5.74) is 1.58. The van der Waals surface area contributed by atoms with Crippen LogP contribution in [0.15, 0.2) is 54.9 Å². The Kier molecular flexibility index (Phi) is 7.39. The van der Waals surface area contributed by atoms with Gasteiger partial charge in [-0.25, -0.2) is 9.97 Å². The van der Waals surface area contributed by atoms with Gasteiger partial charge in [-0.3, -0.25) is 10.1 Å². The molecule has 0 saturated carbocycles. The van der Waals surface area contributed by atoms with Gasteiger partial charge in [0.25, 0.3) is 5.69 Å². The highest BCUT2D eigenvalue weighted by Crippen LogP contribution is 2.41. The van der Waals surface area contributed by atoms with Crippen LogP contribution >= 0.6 is 0 Å². The number of aryl methyl sites for hydroxylation is 1. The lowest BCUT2D eigenvalue weighted by molar-refractivity contribution is -0.384. The molecule has 2 heterocycles. The summed E-state index contributed by atoms with van der Waals surface area (Å²) in [4.78, 5) is 23.2. The number of hydrogen-bond acceptors (Lipinski definition) is 8. The third-order valence-electron chi connectivity index (χ3n) is 5.87. The first-order valence-corrected chi connectivity index (χ1v) is 11.5. The lowest BCUT2D eigenvalue weighted by atomic mass is 10.1. The summed E-state index contributed by atoms with van der Waals surface area (Å²) in [6, 6.07) is 11.4. The SMILES string of the molecule is CN(C)CCN(C)c1cc(OC(F)(F)F)c(Nc2nccc(-c3cn(C)c4ccccc34)n2)cc1[N+](=O)[O-]. The Morgan fingerprint density at radius 3 is 2.55 bits per heavy atom. The van der Waals surface area contributed by atoms with Gasteiger partial charge in [0.15, 0.2) is 5.75 Å². The summed E-state index contributed by atoms with van der Waals surface area (Å²) >= 11 is 0. The molecule has 0 amide bonds. The Hall–Kier alpha value is -4.39. The quantitative estimate of drug-likeness (QED) is 0.234. The smallest absolute Gasteiger partial charge is 0.403 e. The fraction of sp³-hybridized carbons (Fsp3) is 0.280. The lowest BCUT2D eigenvalue weighted by Gasteiger charge is -2.23. The van der Waals surface area contributed by atoms with Gasteiger partial charge in [-0.05, 0) is 26.2 Å². The van der Waals surface area contributed by atoms with E-state index in [2.05, 4.69) is 20.0 Å². The third kappa shape index (κ3) is 5.94. The second kappa shape index (κ2) is 10.5. The summed E-state index contributed by atoms with van der Waals surface area (Å²) in [7, 11) is 7.09. The van der Waals surface area contributed by atoms with E-state index in [-0.39, 0.29) is 17.3 Å². The average Bonchev–Trinajstić information content (AvgIpc) is 3.19. The van der Waals surface area contributed by atoms with E-state index < -0.39 is 22.7 Å². The second-order valence-electron chi connectivity index (χ2n) is 8.93. The topological polar surface area (TPSA) is 102 Å². The molecule has 0 unspecified atom stereocenters. The van der Waals surface area contributed by atoms with E-state index in [1.54, 1.807) is 13.1 Å². The van der Waals surface area contributed by atoms with Gasteiger partial charge in [0.2, 0.25) is 5.95 Å². The van der Waals surface area contributed by atoms with Crippen LogP contribution in [0, 0.1) is 10.1 Å². The molecule has 38 heavy (non-hydrogen) atoms. The van der Waals surface area contributed by atoms with Crippen LogP contribution in [0.3, 0.4) is 0 Å². The molecule has 10 nitrogen and oxygen atoms in total. The van der Waals surface area contributed by atoms with Crippen molar-refractivity contribution in [3.63, 3.8) is 0 Å². The zero-order valence-electron chi connectivity index (χ0n) is 21.2. The first-order chi connectivity index (χ1) is 17.9. The van der Waals surface area contributed by atoms with Crippen molar-refractivity contribution in [2.24, 2.45) is 7.05 Å². The number of ether oxygens (including phenoxy) is 1. The molecule has 4 aromatic rings. The highest BCUT2D eigenvalue weighted by molar-refractivity contribution is 5.95. The number of fused-ring (bicyclic) bond motifs is 1. The summed E-state index contributed by atoms with van der Waals surface area (Å²) in [5.74, 6) is -0.695. The molecule has 200 valence electrons. The van der Waals surface area contributed by atoms with Gasteiger partial charge in [-0.2, -0.15) is 0 Å². The zero-order chi connectivity index (χ0) is 27.6. The molecule has 0 atom stereocenters. The number of rotatable bonds is 9. The number of nitro benzene ring substituents is 1. The van der Waals surface area contributed by atoms with Crippen molar-refractivity contribution in [2.75, 3.05) is 44.4 Å². The standard InChI is InChI=1S/C25H26F3N7O3/c1-32(2)11-12-33(3)21-14-23(38-25(26,27)28)19(13-22(21)35(36)37)31-24-29-10-9-18(30-24)17-15-34(4)20-8-6-5-7-16(17)20/h5-10,13-15H,11-12H2,1-4H3,(H,29,30,31). The van der Waals surface area contributed by atoms with Crippen LogP contribution < -0.4 is 15.0 Å². The predicted octanol–water partition coefficient (Wildman–Crippen LogP) is 5.18. The number of nitro groups is 1. The van der Waals surface area contributed by atoms with Crippen LogP contribution in [0.1, 0.15) is 0 Å². The number of likely N-dealkylation sites (N-methyl/N-ethyl adjacent to an activating group) is 2. The molecule has 1 N–H and O–H groups in total. The van der Waals surface area contributed by atoms with E-state index in [0.29, 0.717) is 18.8 Å². The molecule has 2 aromatic heterocycles. The Morgan fingerprint density at radius 1 is 1.13 bits per heavy atom. The van der Waals surface area contributed by atoms with Crippen LogP contribution in [0.2, 0.25) is 0 Å². The number of nitrogens with one attached hydrogen (secondary N) is 1. The van der Waals surface area contributed by atoms with E-state index in [1.807, 2.05) is 61.1 Å². The van der Waals surface area contributed by atoms with E-state index in [0.717, 1.165) is 28.6 Å². The van der Waals surface area contributed by atoms with Crippen molar-refractivity contribution < 1.29 is 22.8 Å². The zero-order valence-corrected chi connectivity index (χ0v) is 21.2. The predicted molar refractivity (Wildman–Crippen MR) is 139 cm³/mol. The molecule has 2 aromatic carbocycles. The molecule has 0 aliphatic heterocycles. The maximum Gasteiger partial charge on any atom is 0.573 e. The Labute approximate surface area is 216 Å². The van der Waals surface area contributed by atoms with Crippen molar-refractivity contribution in [2.45, 2.75) is 6.36 Å². The van der Waals surface area contributed by atoms with E-state index in [9.17, 15) is 23.3 Å². The Bertz CT molecular complexity index is 1470. The maximum atomic E-state index is 13.3. The van der Waals surface area contributed by atoms with Crippen molar-refractivity contribution in [3.8, 4) is 17.0 Å². The normalized spacial score (nSPS) is 11.7. The Balaban J connectivity index is 1.76. The monoisotopic (exact) mass is 529 g/mol. The fourth-order valence-corrected chi connectivity index (χ4v) is 4.02. The minimum Gasteiger partial charge on any atom is -0.403 e. The number of alkyl halides is 3. The first kappa shape index (κ1) is 26.7. The number of anilines is 3. The average molecular weight is 530 g/mol. The van der Waals surface area contributed by atoms with Crippen LogP contribution in [0.4, 0.5) is 36.2 Å². The summed E-state index contributed by atoms with van der Waals surface area (Å²) < 4.78 is 46.1. The van der Waals surface area contributed by atoms with E-state index >= 15 is 0 Å². The number of aromatic nitrogens is 3. The number of halogens is 3. The molecular weight excluding hydrogens is 503 g/mol. The van der Waals surface area contributed by atoms with Crippen molar-refractivity contribution in [1.82, 2.24) is 19.4 Å². The maximum absolute atomic E-state index is 13.3. The van der Waals surface area contributed by atoms with Gasteiger partial charge in [-0.1, -0.05) is 18.2 Å².